The highest BCUT2D eigenvalue weighted by molar-refractivity contribution is 5.69. The first kappa shape index (κ1) is 13.8. The van der Waals surface area contributed by atoms with Gasteiger partial charge in [-0.1, -0.05) is 6.07 Å². The van der Waals surface area contributed by atoms with Crippen LogP contribution < -0.4 is 0 Å². The largest absolute Gasteiger partial charge is 0.444 e. The topological polar surface area (TPSA) is 51.7 Å². The van der Waals surface area contributed by atoms with Crippen LogP contribution in [0.15, 0.2) is 24.5 Å². The number of amides is 1. The molecule has 1 atom stereocenters. The molecule has 19 heavy (non-hydrogen) atoms. The number of carbonyl (C=O) groups is 1. The van der Waals surface area contributed by atoms with E-state index in [1.807, 2.05) is 32.9 Å². The van der Waals surface area contributed by atoms with E-state index in [-0.39, 0.29) is 12.1 Å². The average molecular weight is 264 g/mol. The predicted octanol–water partition coefficient (Wildman–Crippen LogP) is 2.39. The van der Waals surface area contributed by atoms with Gasteiger partial charge in [0, 0.05) is 18.9 Å². The molecule has 1 aliphatic heterocycles. The molecule has 5 heteroatoms. The lowest BCUT2D eigenvalue weighted by molar-refractivity contribution is -0.0331. The van der Waals surface area contributed by atoms with Gasteiger partial charge in [-0.2, -0.15) is 0 Å². The first-order valence-electron chi connectivity index (χ1n) is 6.45. The smallest absolute Gasteiger partial charge is 0.410 e. The van der Waals surface area contributed by atoms with E-state index in [4.69, 9.17) is 9.47 Å². The minimum absolute atomic E-state index is 0.128. The fraction of sp³-hybridized carbons (Fsp3) is 0.571. The number of aromatic nitrogens is 1. The standard InChI is InChI=1S/C14H20N2O3/c1-14(2,3)19-13(17)16-7-8-18-10-12(16)11-5-4-6-15-9-11/h4-6,9,12H,7-8,10H2,1-3H3. The van der Waals surface area contributed by atoms with Gasteiger partial charge < -0.3 is 9.47 Å². The molecule has 1 aromatic rings. The summed E-state index contributed by atoms with van der Waals surface area (Å²) in [5, 5.41) is 0. The van der Waals surface area contributed by atoms with Gasteiger partial charge >= 0.3 is 6.09 Å². The molecule has 1 amide bonds. The van der Waals surface area contributed by atoms with Crippen molar-refractivity contribution in [1.82, 2.24) is 9.88 Å². The zero-order valence-electron chi connectivity index (χ0n) is 11.6. The molecule has 0 bridgehead atoms. The second-order valence-corrected chi connectivity index (χ2v) is 5.55. The minimum atomic E-state index is -0.491. The van der Waals surface area contributed by atoms with E-state index in [1.54, 1.807) is 17.3 Å². The second-order valence-electron chi connectivity index (χ2n) is 5.55. The third kappa shape index (κ3) is 3.67. The van der Waals surface area contributed by atoms with E-state index in [2.05, 4.69) is 4.98 Å². The van der Waals surface area contributed by atoms with Crippen LogP contribution in [0.3, 0.4) is 0 Å². The number of carbonyl (C=O) groups excluding carboxylic acids is 1. The van der Waals surface area contributed by atoms with Crippen molar-refractivity contribution in [3.63, 3.8) is 0 Å². The van der Waals surface area contributed by atoms with Gasteiger partial charge in [-0.15, -0.1) is 0 Å². The van der Waals surface area contributed by atoms with Crippen molar-refractivity contribution < 1.29 is 14.3 Å². The SMILES string of the molecule is CC(C)(C)OC(=O)N1CCOCC1c1cccnc1. The Balaban J connectivity index is 2.15. The van der Waals surface area contributed by atoms with Gasteiger partial charge in [0.2, 0.25) is 0 Å². The summed E-state index contributed by atoms with van der Waals surface area (Å²) in [4.78, 5) is 18.0. The molecule has 5 nitrogen and oxygen atoms in total. The van der Waals surface area contributed by atoms with Crippen LogP contribution in [0, 0.1) is 0 Å². The summed E-state index contributed by atoms with van der Waals surface area (Å²) >= 11 is 0. The Morgan fingerprint density at radius 2 is 2.32 bits per heavy atom. The lowest BCUT2D eigenvalue weighted by Gasteiger charge is -2.36. The van der Waals surface area contributed by atoms with Crippen LogP contribution in [0.25, 0.3) is 0 Å². The van der Waals surface area contributed by atoms with Crippen molar-refractivity contribution in [1.29, 1.82) is 0 Å². The molecule has 1 unspecified atom stereocenters. The normalized spacial score (nSPS) is 20.2. The molecule has 0 saturated carbocycles. The molecule has 2 rings (SSSR count). The van der Waals surface area contributed by atoms with E-state index in [0.29, 0.717) is 19.8 Å². The molecular weight excluding hydrogens is 244 g/mol. The summed E-state index contributed by atoms with van der Waals surface area (Å²) in [5.74, 6) is 0. The van der Waals surface area contributed by atoms with Crippen molar-refractivity contribution >= 4 is 6.09 Å². The molecule has 1 aromatic heterocycles. The average Bonchev–Trinajstić information content (AvgIpc) is 2.38. The van der Waals surface area contributed by atoms with Gasteiger partial charge in [-0.25, -0.2) is 4.79 Å². The van der Waals surface area contributed by atoms with E-state index in [9.17, 15) is 4.79 Å². The Morgan fingerprint density at radius 1 is 1.53 bits per heavy atom. The maximum atomic E-state index is 12.2. The lowest BCUT2D eigenvalue weighted by Crippen LogP contribution is -2.45. The lowest BCUT2D eigenvalue weighted by atomic mass is 10.1. The van der Waals surface area contributed by atoms with Crippen LogP contribution in [0.2, 0.25) is 0 Å². The Morgan fingerprint density at radius 3 is 2.95 bits per heavy atom. The van der Waals surface area contributed by atoms with E-state index < -0.39 is 5.60 Å². The summed E-state index contributed by atoms with van der Waals surface area (Å²) in [6, 6.07) is 3.68. The van der Waals surface area contributed by atoms with Crippen LogP contribution in [-0.4, -0.2) is 41.3 Å². The Hall–Kier alpha value is -1.62. The van der Waals surface area contributed by atoms with Crippen molar-refractivity contribution in [3.05, 3.63) is 30.1 Å². The van der Waals surface area contributed by atoms with Gasteiger partial charge in [0.25, 0.3) is 0 Å². The van der Waals surface area contributed by atoms with Crippen LogP contribution in [0.1, 0.15) is 32.4 Å². The highest BCUT2D eigenvalue weighted by Gasteiger charge is 2.31. The molecule has 2 heterocycles. The van der Waals surface area contributed by atoms with Crippen molar-refractivity contribution in [3.8, 4) is 0 Å². The predicted molar refractivity (Wildman–Crippen MR) is 70.7 cm³/mol. The van der Waals surface area contributed by atoms with Crippen LogP contribution >= 0.6 is 0 Å². The van der Waals surface area contributed by atoms with E-state index in [0.717, 1.165) is 5.56 Å². The maximum absolute atomic E-state index is 12.2. The Labute approximate surface area is 113 Å². The minimum Gasteiger partial charge on any atom is -0.444 e. The first-order chi connectivity index (χ1) is 8.97. The number of rotatable bonds is 1. The highest BCUT2D eigenvalue weighted by atomic mass is 16.6. The van der Waals surface area contributed by atoms with Crippen LogP contribution in [0.5, 0.6) is 0 Å². The van der Waals surface area contributed by atoms with Crippen molar-refractivity contribution in [2.45, 2.75) is 32.4 Å². The number of nitrogens with zero attached hydrogens (tertiary/aromatic N) is 2. The summed E-state index contributed by atoms with van der Waals surface area (Å²) in [6.45, 7) is 7.15. The van der Waals surface area contributed by atoms with Crippen molar-refractivity contribution in [2.24, 2.45) is 0 Å². The second kappa shape index (κ2) is 5.57. The van der Waals surface area contributed by atoms with Gasteiger partial charge in [-0.05, 0) is 32.4 Å². The Kier molecular flexibility index (Phi) is 4.04. The molecule has 1 saturated heterocycles. The number of morpholine rings is 1. The fourth-order valence-corrected chi connectivity index (χ4v) is 1.99. The monoisotopic (exact) mass is 264 g/mol. The Bertz CT molecular complexity index is 428. The van der Waals surface area contributed by atoms with E-state index in [1.165, 1.54) is 0 Å². The molecule has 0 spiro atoms. The summed E-state index contributed by atoms with van der Waals surface area (Å²) in [6.07, 6.45) is 3.17. The molecule has 1 aliphatic rings. The quantitative estimate of drug-likeness (QED) is 0.781. The molecule has 0 radical (unpaired) electrons. The summed E-state index contributed by atoms with van der Waals surface area (Å²) in [5.41, 5.74) is 0.475. The zero-order valence-corrected chi connectivity index (χ0v) is 11.6. The number of pyridine rings is 1. The number of hydrogen-bond acceptors (Lipinski definition) is 4. The van der Waals surface area contributed by atoms with Gasteiger partial charge in [-0.3, -0.25) is 9.88 Å². The number of hydrogen-bond donors (Lipinski definition) is 0. The van der Waals surface area contributed by atoms with E-state index >= 15 is 0 Å². The summed E-state index contributed by atoms with van der Waals surface area (Å²) in [7, 11) is 0. The first-order valence-corrected chi connectivity index (χ1v) is 6.45. The van der Waals surface area contributed by atoms with Crippen LogP contribution in [-0.2, 0) is 9.47 Å². The van der Waals surface area contributed by atoms with Crippen molar-refractivity contribution in [2.75, 3.05) is 19.8 Å². The van der Waals surface area contributed by atoms with Gasteiger partial charge in [0.1, 0.15) is 5.60 Å². The molecule has 104 valence electrons. The molecule has 0 aliphatic carbocycles. The van der Waals surface area contributed by atoms with Gasteiger partial charge in [0.15, 0.2) is 0 Å². The molecular formula is C14H20N2O3. The fourth-order valence-electron chi connectivity index (χ4n) is 1.99. The molecule has 0 aromatic carbocycles. The zero-order chi connectivity index (χ0) is 13.9. The third-order valence-electron chi connectivity index (χ3n) is 2.83. The summed E-state index contributed by atoms with van der Waals surface area (Å²) < 4.78 is 10.9. The van der Waals surface area contributed by atoms with Gasteiger partial charge in [0.05, 0.1) is 19.3 Å². The highest BCUT2D eigenvalue weighted by Crippen LogP contribution is 2.25. The molecule has 1 fully saturated rings. The van der Waals surface area contributed by atoms with Crippen LogP contribution in [0.4, 0.5) is 4.79 Å². The molecule has 0 N–H and O–H groups in total. The third-order valence-corrected chi connectivity index (χ3v) is 2.83. The number of ether oxygens (including phenoxy) is 2. The maximum Gasteiger partial charge on any atom is 0.410 e.